The first-order valence-corrected chi connectivity index (χ1v) is 22.2. The van der Waals surface area contributed by atoms with Gasteiger partial charge in [0.15, 0.2) is 0 Å². The fourth-order valence-corrected chi connectivity index (χ4v) is 15.5. The average molecular weight is 767 g/mol. The maximum Gasteiger partial charge on any atom is 0.414 e. The molecule has 1 aliphatic heterocycles. The number of hydrogen-bond donors (Lipinski definition) is 1. The third-order valence-electron chi connectivity index (χ3n) is 19.1. The van der Waals surface area contributed by atoms with Gasteiger partial charge in [0.1, 0.15) is 18.7 Å². The molecule has 10 atom stereocenters. The number of primary amides is 1. The standard InChI is InChI=1S/C47H79N3O5/c1-32(2)33-16-19-43(7)21-23-45(9)34(39(33)43)14-15-36-44(8)22-24-47(42(5,6)35(44)17-20-46(36,45)10,55-38(52)31-41(3,4)30-37(51)54-12)18-13-27-50(40(48)53)28-25-49(11)26-29-50/h33-36,39H,1,13-31H2,2-12H3,(H-,48,53)/p+1/t33-,34+,35-,36+,39+,43+,44-,45+,46+,47-/m0/s1. The molecule has 312 valence electrons. The lowest BCUT2D eigenvalue weighted by Crippen LogP contribution is -2.69. The number of piperazine rings is 1. The van der Waals surface area contributed by atoms with Crippen molar-refractivity contribution < 1.29 is 28.3 Å². The molecule has 6 fully saturated rings. The fraction of sp³-hybridized carbons (Fsp3) is 0.894. The van der Waals surface area contributed by atoms with E-state index in [-0.39, 0.29) is 47.1 Å². The van der Waals surface area contributed by atoms with E-state index in [4.69, 9.17) is 15.2 Å². The Labute approximate surface area is 335 Å². The minimum atomic E-state index is -0.677. The van der Waals surface area contributed by atoms with Gasteiger partial charge in [0, 0.05) is 24.9 Å². The molecule has 1 saturated heterocycles. The molecule has 5 saturated carbocycles. The lowest BCUT2D eigenvalue weighted by molar-refractivity contribution is -0.854. The Hall–Kier alpha value is -1.93. The number of methoxy groups -OCH3 is 1. The molecule has 8 heteroatoms. The van der Waals surface area contributed by atoms with E-state index < -0.39 is 11.0 Å². The predicted octanol–water partition coefficient (Wildman–Crippen LogP) is 9.55. The van der Waals surface area contributed by atoms with E-state index in [9.17, 15) is 14.4 Å². The number of nitrogens with two attached hydrogens (primary N) is 1. The summed E-state index contributed by atoms with van der Waals surface area (Å²) in [4.78, 5) is 41.8. The second kappa shape index (κ2) is 14.4. The van der Waals surface area contributed by atoms with Crippen molar-refractivity contribution in [2.75, 3.05) is 46.9 Å². The zero-order valence-corrected chi connectivity index (χ0v) is 37.0. The van der Waals surface area contributed by atoms with Crippen molar-refractivity contribution in [1.82, 2.24) is 4.90 Å². The van der Waals surface area contributed by atoms with Gasteiger partial charge in [0.25, 0.3) is 0 Å². The number of ether oxygens (including phenoxy) is 2. The Balaban J connectivity index is 1.30. The van der Waals surface area contributed by atoms with Crippen molar-refractivity contribution in [2.45, 2.75) is 158 Å². The highest BCUT2D eigenvalue weighted by molar-refractivity contribution is 5.74. The lowest BCUT2D eigenvalue weighted by Gasteiger charge is -2.74. The Bertz CT molecular complexity index is 1510. The van der Waals surface area contributed by atoms with Gasteiger partial charge in [-0.1, -0.05) is 67.5 Å². The van der Waals surface area contributed by atoms with Gasteiger partial charge in [-0.05, 0) is 141 Å². The molecule has 6 aliphatic rings. The fourth-order valence-electron chi connectivity index (χ4n) is 15.5. The molecule has 0 aromatic carbocycles. The first kappa shape index (κ1) is 42.7. The van der Waals surface area contributed by atoms with E-state index in [0.29, 0.717) is 46.0 Å². The minimum absolute atomic E-state index is 0.132. The third kappa shape index (κ3) is 6.85. The zero-order chi connectivity index (χ0) is 40.6. The highest BCUT2D eigenvalue weighted by Gasteiger charge is 2.72. The van der Waals surface area contributed by atoms with Crippen molar-refractivity contribution in [3.63, 3.8) is 0 Å². The molecule has 0 radical (unpaired) electrons. The van der Waals surface area contributed by atoms with Crippen molar-refractivity contribution in [2.24, 2.45) is 67.8 Å². The SMILES string of the molecule is C=C(C)[C@@H]1CC[C@]2(C)CC[C@]3(C)[C@H](CC[C@@H]4[C@@]5(C)CC[C@](CCC[N+]6(C(N)=O)CCN(C)CC6)(OC(=O)CC(C)(C)CC(=O)OC)C(C)(C)[C@@H]5CC[C@]43C)[C@@H]12. The van der Waals surface area contributed by atoms with Crippen molar-refractivity contribution >= 4 is 18.0 Å². The van der Waals surface area contributed by atoms with Gasteiger partial charge in [0.05, 0.1) is 26.5 Å². The van der Waals surface area contributed by atoms with E-state index in [1.54, 1.807) is 0 Å². The van der Waals surface area contributed by atoms with Gasteiger partial charge in [-0.15, -0.1) is 0 Å². The van der Waals surface area contributed by atoms with Gasteiger partial charge in [0.2, 0.25) is 0 Å². The Morgan fingerprint density at radius 2 is 1.49 bits per heavy atom. The van der Waals surface area contributed by atoms with Crippen LogP contribution in [0.2, 0.25) is 0 Å². The summed E-state index contributed by atoms with van der Waals surface area (Å²) in [7, 11) is 3.50. The van der Waals surface area contributed by atoms with Gasteiger partial charge in [-0.3, -0.25) is 14.5 Å². The van der Waals surface area contributed by atoms with E-state index in [1.165, 1.54) is 57.6 Å². The molecule has 5 aliphatic carbocycles. The third-order valence-corrected chi connectivity index (χ3v) is 19.1. The Morgan fingerprint density at radius 1 is 0.836 bits per heavy atom. The largest absolute Gasteiger partial charge is 0.469 e. The van der Waals surface area contributed by atoms with Crippen LogP contribution in [-0.2, 0) is 19.1 Å². The zero-order valence-electron chi connectivity index (χ0n) is 37.0. The smallest absolute Gasteiger partial charge is 0.414 e. The van der Waals surface area contributed by atoms with Crippen LogP contribution in [0.1, 0.15) is 152 Å². The van der Waals surface area contributed by atoms with Crippen LogP contribution >= 0.6 is 0 Å². The summed E-state index contributed by atoms with van der Waals surface area (Å²) >= 11 is 0. The molecule has 0 spiro atoms. The summed E-state index contributed by atoms with van der Waals surface area (Å²) in [6.45, 7) is 30.0. The first-order valence-electron chi connectivity index (χ1n) is 22.2. The predicted molar refractivity (Wildman–Crippen MR) is 220 cm³/mol. The molecule has 55 heavy (non-hydrogen) atoms. The van der Waals surface area contributed by atoms with Crippen LogP contribution < -0.4 is 5.73 Å². The normalized spacial score (nSPS) is 42.2. The maximum absolute atomic E-state index is 14.2. The number of likely N-dealkylation sites (N-methyl/N-ethyl adjacent to an activating group) is 1. The first-order chi connectivity index (χ1) is 25.4. The topological polar surface area (TPSA) is 98.9 Å². The summed E-state index contributed by atoms with van der Waals surface area (Å²) < 4.78 is 12.3. The molecule has 0 aromatic heterocycles. The summed E-state index contributed by atoms with van der Waals surface area (Å²) in [5.74, 6) is 2.63. The molecule has 8 nitrogen and oxygen atoms in total. The number of quaternary nitrogens is 1. The maximum atomic E-state index is 14.2. The molecule has 2 N–H and O–H groups in total. The van der Waals surface area contributed by atoms with Gasteiger partial charge in [-0.25, -0.2) is 9.28 Å². The second-order valence-electron chi connectivity index (χ2n) is 22.7. The van der Waals surface area contributed by atoms with Crippen LogP contribution in [0.15, 0.2) is 12.2 Å². The monoisotopic (exact) mass is 767 g/mol. The van der Waals surface area contributed by atoms with Crippen LogP contribution in [-0.4, -0.2) is 79.8 Å². The Morgan fingerprint density at radius 3 is 2.11 bits per heavy atom. The quantitative estimate of drug-likeness (QED) is 0.135. The average Bonchev–Trinajstić information content (AvgIpc) is 3.45. The number of urea groups is 1. The van der Waals surface area contributed by atoms with Gasteiger partial charge >= 0.3 is 18.0 Å². The second-order valence-corrected chi connectivity index (χ2v) is 22.7. The van der Waals surface area contributed by atoms with Crippen molar-refractivity contribution in [1.29, 1.82) is 0 Å². The molecule has 0 bridgehead atoms. The molecule has 6 rings (SSSR count). The van der Waals surface area contributed by atoms with E-state index in [1.807, 2.05) is 13.8 Å². The van der Waals surface area contributed by atoms with E-state index in [0.717, 1.165) is 63.7 Å². The molecule has 0 aromatic rings. The molecule has 0 unspecified atom stereocenters. The highest BCUT2D eigenvalue weighted by Crippen LogP contribution is 2.78. The number of rotatable bonds is 10. The van der Waals surface area contributed by atoms with Crippen LogP contribution in [0.25, 0.3) is 0 Å². The van der Waals surface area contributed by atoms with Crippen LogP contribution in [0.4, 0.5) is 4.79 Å². The number of carbonyl (C=O) groups excluding carboxylic acids is 3. The molecular formula is C47H80N3O5+. The summed E-state index contributed by atoms with van der Waals surface area (Å²) in [6, 6.07) is -0.245. The number of amides is 2. The minimum Gasteiger partial charge on any atom is -0.469 e. The van der Waals surface area contributed by atoms with Crippen molar-refractivity contribution in [3.8, 4) is 0 Å². The van der Waals surface area contributed by atoms with Gasteiger partial charge < -0.3 is 15.2 Å². The summed E-state index contributed by atoms with van der Waals surface area (Å²) in [5.41, 5.74) is 7.13. The number of allylic oxidation sites excluding steroid dienone is 1. The van der Waals surface area contributed by atoms with E-state index in [2.05, 4.69) is 67.0 Å². The van der Waals surface area contributed by atoms with Crippen LogP contribution in [0.3, 0.4) is 0 Å². The van der Waals surface area contributed by atoms with Crippen LogP contribution in [0.5, 0.6) is 0 Å². The summed E-state index contributed by atoms with van der Waals surface area (Å²) in [6.07, 6.45) is 14.0. The molecule has 2 amide bonds. The number of fused-ring (bicyclic) bond motifs is 7. The molecular weight excluding hydrogens is 687 g/mol. The van der Waals surface area contributed by atoms with Crippen LogP contribution in [0, 0.1) is 62.1 Å². The number of hydrogen-bond acceptors (Lipinski definition) is 6. The van der Waals surface area contributed by atoms with Crippen molar-refractivity contribution in [3.05, 3.63) is 12.2 Å². The lowest BCUT2D eigenvalue weighted by atomic mass is 9.31. The van der Waals surface area contributed by atoms with E-state index >= 15 is 0 Å². The Kier molecular flexibility index (Phi) is 11.2. The number of nitrogens with zero attached hydrogens (tertiary/aromatic N) is 2. The highest BCUT2D eigenvalue weighted by atomic mass is 16.6. The van der Waals surface area contributed by atoms with Gasteiger partial charge in [-0.2, -0.15) is 0 Å². The number of esters is 2. The number of carbonyl (C=O) groups is 3. The molecule has 1 heterocycles. The summed E-state index contributed by atoms with van der Waals surface area (Å²) in [5, 5.41) is 0.